The fourth-order valence-corrected chi connectivity index (χ4v) is 2.71. The number of nitrogens with zero attached hydrogens (tertiary/aromatic N) is 1. The zero-order valence-corrected chi connectivity index (χ0v) is 12.4. The van der Waals surface area contributed by atoms with Gasteiger partial charge in [0.25, 0.3) is 0 Å². The summed E-state index contributed by atoms with van der Waals surface area (Å²) in [6.07, 6.45) is 3.24. The van der Waals surface area contributed by atoms with Crippen LogP contribution in [-0.4, -0.2) is 42.8 Å². The Labute approximate surface area is 111 Å². The van der Waals surface area contributed by atoms with Gasteiger partial charge in [-0.15, -0.1) is 0 Å². The quantitative estimate of drug-likeness (QED) is 0.757. The van der Waals surface area contributed by atoms with Crippen molar-refractivity contribution < 1.29 is 9.53 Å². The summed E-state index contributed by atoms with van der Waals surface area (Å²) in [5.41, 5.74) is 0. The average Bonchev–Trinajstić information content (AvgIpc) is 2.53. The number of carbonyl (C=O) groups excluding carboxylic acids is 1. The fraction of sp³-hybridized carbons (Fsp3) is 0.929. The minimum absolute atomic E-state index is 0.0648. The number of hydrogen-bond acceptors (Lipinski definition) is 3. The molecule has 0 spiro atoms. The van der Waals surface area contributed by atoms with Crippen LogP contribution in [0.15, 0.2) is 0 Å². The number of rotatable bonds is 7. The highest BCUT2D eigenvalue weighted by Gasteiger charge is 2.39. The van der Waals surface area contributed by atoms with Crippen LogP contribution in [-0.2, 0) is 9.53 Å². The number of amides is 1. The van der Waals surface area contributed by atoms with Crippen LogP contribution < -0.4 is 5.32 Å². The van der Waals surface area contributed by atoms with E-state index in [9.17, 15) is 4.79 Å². The van der Waals surface area contributed by atoms with Gasteiger partial charge in [0.1, 0.15) is 0 Å². The molecule has 1 amide bonds. The maximum Gasteiger partial charge on any atom is 0.241 e. The highest BCUT2D eigenvalue weighted by atomic mass is 16.5. The molecule has 1 aliphatic heterocycles. The Morgan fingerprint density at radius 2 is 2.11 bits per heavy atom. The van der Waals surface area contributed by atoms with E-state index in [-0.39, 0.29) is 24.2 Å². The van der Waals surface area contributed by atoms with Gasteiger partial charge in [0, 0.05) is 7.11 Å². The Kier molecular flexibility index (Phi) is 6.09. The zero-order chi connectivity index (χ0) is 13.7. The van der Waals surface area contributed by atoms with Crippen LogP contribution in [0.2, 0.25) is 0 Å². The first kappa shape index (κ1) is 15.4. The lowest BCUT2D eigenvalue weighted by Gasteiger charge is -2.33. The van der Waals surface area contributed by atoms with Gasteiger partial charge in [0.2, 0.25) is 5.91 Å². The Hall–Kier alpha value is -0.610. The summed E-state index contributed by atoms with van der Waals surface area (Å²) in [6, 6.07) is 0.138. The average molecular weight is 256 g/mol. The molecule has 0 aliphatic carbocycles. The number of ether oxygens (including phenoxy) is 1. The Balaban J connectivity index is 2.80. The van der Waals surface area contributed by atoms with Crippen molar-refractivity contribution in [1.82, 2.24) is 10.2 Å². The van der Waals surface area contributed by atoms with Crippen molar-refractivity contribution in [3.05, 3.63) is 0 Å². The van der Waals surface area contributed by atoms with Crippen LogP contribution in [0.25, 0.3) is 0 Å². The molecule has 0 aromatic rings. The van der Waals surface area contributed by atoms with Crippen LogP contribution in [0.4, 0.5) is 0 Å². The molecule has 0 radical (unpaired) electrons. The summed E-state index contributed by atoms with van der Waals surface area (Å²) in [6.45, 7) is 9.11. The van der Waals surface area contributed by atoms with Gasteiger partial charge in [-0.1, -0.05) is 27.2 Å². The van der Waals surface area contributed by atoms with E-state index in [0.717, 1.165) is 19.3 Å². The van der Waals surface area contributed by atoms with E-state index in [1.165, 1.54) is 0 Å². The fourth-order valence-electron chi connectivity index (χ4n) is 2.71. The van der Waals surface area contributed by atoms with Gasteiger partial charge in [-0.05, 0) is 25.7 Å². The lowest BCUT2D eigenvalue weighted by molar-refractivity contribution is -0.133. The molecule has 0 aromatic carbocycles. The van der Waals surface area contributed by atoms with Gasteiger partial charge in [-0.2, -0.15) is 0 Å². The molecular weight excluding hydrogens is 228 g/mol. The molecule has 1 N–H and O–H groups in total. The number of hydrogen-bond donors (Lipinski definition) is 1. The molecule has 3 atom stereocenters. The van der Waals surface area contributed by atoms with Gasteiger partial charge in [-0.3, -0.25) is 10.1 Å². The normalized spacial score (nSPS) is 26.1. The van der Waals surface area contributed by atoms with Crippen molar-refractivity contribution in [3.8, 4) is 0 Å². The van der Waals surface area contributed by atoms with Crippen LogP contribution in [0.3, 0.4) is 0 Å². The lowest BCUT2D eigenvalue weighted by Crippen LogP contribution is -2.47. The van der Waals surface area contributed by atoms with Crippen molar-refractivity contribution in [3.63, 3.8) is 0 Å². The third-order valence-electron chi connectivity index (χ3n) is 3.47. The topological polar surface area (TPSA) is 41.6 Å². The summed E-state index contributed by atoms with van der Waals surface area (Å²) < 4.78 is 5.28. The molecule has 3 unspecified atom stereocenters. The molecular formula is C14H28N2O2. The van der Waals surface area contributed by atoms with Crippen molar-refractivity contribution in [2.24, 2.45) is 5.92 Å². The van der Waals surface area contributed by atoms with Crippen molar-refractivity contribution in [2.45, 2.75) is 65.2 Å². The van der Waals surface area contributed by atoms with Gasteiger partial charge in [0.15, 0.2) is 0 Å². The van der Waals surface area contributed by atoms with Crippen molar-refractivity contribution in [2.75, 3.05) is 13.7 Å². The maximum atomic E-state index is 12.3. The zero-order valence-electron chi connectivity index (χ0n) is 12.4. The van der Waals surface area contributed by atoms with Crippen LogP contribution in [0.1, 0.15) is 47.0 Å². The summed E-state index contributed by atoms with van der Waals surface area (Å²) >= 11 is 0. The minimum Gasteiger partial charge on any atom is -0.383 e. The second-order valence-corrected chi connectivity index (χ2v) is 5.68. The first-order valence-electron chi connectivity index (χ1n) is 7.08. The summed E-state index contributed by atoms with van der Waals surface area (Å²) in [5, 5.41) is 3.40. The van der Waals surface area contributed by atoms with E-state index in [2.05, 4.69) is 26.1 Å². The molecule has 1 rings (SSSR count). The second-order valence-electron chi connectivity index (χ2n) is 5.68. The van der Waals surface area contributed by atoms with E-state index in [1.54, 1.807) is 7.11 Å². The summed E-state index contributed by atoms with van der Waals surface area (Å²) in [7, 11) is 1.71. The Bertz CT molecular complexity index is 261. The molecule has 18 heavy (non-hydrogen) atoms. The highest BCUT2D eigenvalue weighted by Crippen LogP contribution is 2.22. The van der Waals surface area contributed by atoms with E-state index in [4.69, 9.17) is 4.74 Å². The first-order chi connectivity index (χ1) is 8.51. The summed E-state index contributed by atoms with van der Waals surface area (Å²) in [4.78, 5) is 14.3. The van der Waals surface area contributed by atoms with Crippen LogP contribution in [0, 0.1) is 5.92 Å². The molecule has 0 bridgehead atoms. The molecule has 0 aromatic heterocycles. The van der Waals surface area contributed by atoms with Crippen molar-refractivity contribution >= 4 is 5.91 Å². The van der Waals surface area contributed by atoms with Gasteiger partial charge in [-0.25, -0.2) is 0 Å². The van der Waals surface area contributed by atoms with E-state index in [0.29, 0.717) is 12.5 Å². The lowest BCUT2D eigenvalue weighted by atomic mass is 10.1. The molecule has 1 aliphatic rings. The molecule has 4 nitrogen and oxygen atoms in total. The number of nitrogens with one attached hydrogen (secondary N) is 1. The van der Waals surface area contributed by atoms with E-state index < -0.39 is 0 Å². The van der Waals surface area contributed by atoms with E-state index in [1.807, 2.05) is 11.8 Å². The predicted octanol–water partition coefficient (Wildman–Crippen LogP) is 1.99. The molecule has 0 saturated carbocycles. The smallest absolute Gasteiger partial charge is 0.241 e. The van der Waals surface area contributed by atoms with Crippen molar-refractivity contribution in [1.29, 1.82) is 0 Å². The number of methoxy groups -OCH3 is 1. The Morgan fingerprint density at radius 3 is 2.61 bits per heavy atom. The second kappa shape index (κ2) is 7.10. The maximum absolute atomic E-state index is 12.3. The molecule has 1 heterocycles. The third kappa shape index (κ3) is 3.69. The SMILES string of the molecule is CCCC(COC)N1C(=O)C(C)NC1CC(C)C. The molecule has 4 heteroatoms. The Morgan fingerprint density at radius 1 is 1.44 bits per heavy atom. The van der Waals surface area contributed by atoms with Crippen LogP contribution >= 0.6 is 0 Å². The van der Waals surface area contributed by atoms with Crippen LogP contribution in [0.5, 0.6) is 0 Å². The third-order valence-corrected chi connectivity index (χ3v) is 3.47. The van der Waals surface area contributed by atoms with E-state index >= 15 is 0 Å². The molecule has 1 saturated heterocycles. The summed E-state index contributed by atoms with van der Waals surface area (Å²) in [5.74, 6) is 0.795. The number of carbonyl (C=O) groups is 1. The largest absolute Gasteiger partial charge is 0.383 e. The molecule has 106 valence electrons. The molecule has 1 fully saturated rings. The highest BCUT2D eigenvalue weighted by molar-refractivity contribution is 5.84. The monoisotopic (exact) mass is 256 g/mol. The first-order valence-corrected chi connectivity index (χ1v) is 7.08. The van der Waals surface area contributed by atoms with Gasteiger partial charge in [0.05, 0.1) is 24.9 Å². The minimum atomic E-state index is -0.0648. The predicted molar refractivity (Wildman–Crippen MR) is 73.3 cm³/mol. The standard InChI is InChI=1S/C14H28N2O2/c1-6-7-12(9-18-5)16-13(8-10(2)3)15-11(4)14(16)17/h10-13,15H,6-9H2,1-5H3. The van der Waals surface area contributed by atoms with Gasteiger partial charge >= 0.3 is 0 Å². The van der Waals surface area contributed by atoms with Gasteiger partial charge < -0.3 is 9.64 Å².